The molecule has 1 aromatic heterocycles. The van der Waals surface area contributed by atoms with Gasteiger partial charge in [-0.05, 0) is 49.9 Å². The molecule has 1 fully saturated rings. The van der Waals surface area contributed by atoms with Crippen LogP contribution in [-0.2, 0) is 23.3 Å². The van der Waals surface area contributed by atoms with Crippen LogP contribution in [0.3, 0.4) is 0 Å². The summed E-state index contributed by atoms with van der Waals surface area (Å²) in [5, 5.41) is 8.02. The standard InChI is InChI=1S/C28H40N4O3/c1-6-16-35-22-14-12-20(13-15-22)18-31-25(33)23-17-24(27(2,3)4)30-32(23)19-28(31,5)26(34)29-21-10-8-7-9-11-21/h12-15,17,21H,6-11,16,18-19H2,1-5H3,(H,29,34)/t28-/m0/s1. The van der Waals surface area contributed by atoms with E-state index in [-0.39, 0.29) is 23.3 Å². The van der Waals surface area contributed by atoms with Gasteiger partial charge in [0.05, 0.1) is 18.8 Å². The maximum atomic E-state index is 13.8. The molecule has 1 aliphatic carbocycles. The highest BCUT2D eigenvalue weighted by Gasteiger charge is 2.48. The lowest BCUT2D eigenvalue weighted by atomic mass is 9.90. The Labute approximate surface area is 209 Å². The topological polar surface area (TPSA) is 76.5 Å². The Kier molecular flexibility index (Phi) is 7.25. The summed E-state index contributed by atoms with van der Waals surface area (Å²) in [6.07, 6.45) is 6.43. The van der Waals surface area contributed by atoms with Gasteiger partial charge in [-0.1, -0.05) is 59.1 Å². The first-order chi connectivity index (χ1) is 16.6. The predicted octanol–water partition coefficient (Wildman–Crippen LogP) is 4.83. The maximum Gasteiger partial charge on any atom is 0.273 e. The second-order valence-corrected chi connectivity index (χ2v) is 11.3. The van der Waals surface area contributed by atoms with E-state index in [1.165, 1.54) is 6.42 Å². The molecule has 0 radical (unpaired) electrons. The number of rotatable bonds is 7. The van der Waals surface area contributed by atoms with E-state index in [0.717, 1.165) is 49.1 Å². The van der Waals surface area contributed by atoms with Crippen molar-refractivity contribution in [2.45, 2.75) is 103 Å². The van der Waals surface area contributed by atoms with Crippen molar-refractivity contribution < 1.29 is 14.3 Å². The minimum absolute atomic E-state index is 0.0980. The highest BCUT2D eigenvalue weighted by Crippen LogP contribution is 2.32. The molecule has 0 unspecified atom stereocenters. The van der Waals surface area contributed by atoms with Crippen molar-refractivity contribution in [2.75, 3.05) is 6.61 Å². The summed E-state index contributed by atoms with van der Waals surface area (Å²) in [6.45, 7) is 11.6. The first-order valence-corrected chi connectivity index (χ1v) is 13.0. The molecule has 0 bridgehead atoms. The number of hydrogen-bond donors (Lipinski definition) is 1. The van der Waals surface area contributed by atoms with Crippen molar-refractivity contribution in [1.82, 2.24) is 20.0 Å². The van der Waals surface area contributed by atoms with Gasteiger partial charge in [-0.2, -0.15) is 5.10 Å². The van der Waals surface area contributed by atoms with E-state index in [1.54, 1.807) is 9.58 Å². The Balaban J connectivity index is 1.64. The Bertz CT molecular complexity index is 1050. The van der Waals surface area contributed by atoms with Crippen LogP contribution in [-0.4, -0.2) is 44.7 Å². The first-order valence-electron chi connectivity index (χ1n) is 13.0. The van der Waals surface area contributed by atoms with Crippen molar-refractivity contribution in [1.29, 1.82) is 0 Å². The van der Waals surface area contributed by atoms with Crippen molar-refractivity contribution in [3.63, 3.8) is 0 Å². The molecule has 2 heterocycles. The van der Waals surface area contributed by atoms with Gasteiger partial charge in [0.15, 0.2) is 0 Å². The molecule has 1 N–H and O–H groups in total. The summed E-state index contributed by atoms with van der Waals surface area (Å²) in [7, 11) is 0. The van der Waals surface area contributed by atoms with Gasteiger partial charge < -0.3 is 15.0 Å². The van der Waals surface area contributed by atoms with Crippen molar-refractivity contribution in [3.05, 3.63) is 47.3 Å². The van der Waals surface area contributed by atoms with Gasteiger partial charge >= 0.3 is 0 Å². The highest BCUT2D eigenvalue weighted by atomic mass is 16.5. The Morgan fingerprint density at radius 1 is 1.17 bits per heavy atom. The normalized spacial score (nSPS) is 21.1. The summed E-state index contributed by atoms with van der Waals surface area (Å²) >= 11 is 0. The van der Waals surface area contributed by atoms with Crippen LogP contribution in [0.1, 0.15) is 94.9 Å². The van der Waals surface area contributed by atoms with E-state index in [9.17, 15) is 9.59 Å². The number of nitrogens with zero attached hydrogens (tertiary/aromatic N) is 3. The fourth-order valence-corrected chi connectivity index (χ4v) is 4.94. The van der Waals surface area contributed by atoms with E-state index < -0.39 is 5.54 Å². The minimum Gasteiger partial charge on any atom is -0.494 e. The molecule has 1 aliphatic heterocycles. The lowest BCUT2D eigenvalue weighted by Gasteiger charge is -2.44. The summed E-state index contributed by atoms with van der Waals surface area (Å²) in [4.78, 5) is 29.3. The lowest BCUT2D eigenvalue weighted by Crippen LogP contribution is -2.64. The van der Waals surface area contributed by atoms with E-state index in [0.29, 0.717) is 25.4 Å². The summed E-state index contributed by atoms with van der Waals surface area (Å²) in [6, 6.07) is 9.87. The smallest absolute Gasteiger partial charge is 0.273 e. The zero-order valence-corrected chi connectivity index (χ0v) is 21.9. The quantitative estimate of drug-likeness (QED) is 0.616. The van der Waals surface area contributed by atoms with Gasteiger partial charge in [0.25, 0.3) is 5.91 Å². The molecule has 0 saturated heterocycles. The number of hydrogen-bond acceptors (Lipinski definition) is 4. The zero-order valence-electron chi connectivity index (χ0n) is 21.9. The van der Waals surface area contributed by atoms with Crippen LogP contribution in [0.15, 0.2) is 30.3 Å². The molecule has 190 valence electrons. The van der Waals surface area contributed by atoms with Gasteiger partial charge in [-0.3, -0.25) is 14.3 Å². The second-order valence-electron chi connectivity index (χ2n) is 11.3. The van der Waals surface area contributed by atoms with Crippen LogP contribution >= 0.6 is 0 Å². The van der Waals surface area contributed by atoms with Crippen LogP contribution in [0, 0.1) is 0 Å². The van der Waals surface area contributed by atoms with E-state index >= 15 is 0 Å². The van der Waals surface area contributed by atoms with Gasteiger partial charge in [0.1, 0.15) is 17.0 Å². The lowest BCUT2D eigenvalue weighted by molar-refractivity contribution is -0.134. The molecule has 7 heteroatoms. The molecule has 1 atom stereocenters. The molecule has 0 spiro atoms. The molecule has 1 aromatic carbocycles. The molecule has 35 heavy (non-hydrogen) atoms. The van der Waals surface area contributed by atoms with Crippen LogP contribution in [0.2, 0.25) is 0 Å². The molecule has 2 aliphatic rings. The Hall–Kier alpha value is -2.83. The van der Waals surface area contributed by atoms with Gasteiger partial charge in [0.2, 0.25) is 5.91 Å². The highest BCUT2D eigenvalue weighted by molar-refractivity contribution is 5.99. The number of amides is 2. The zero-order chi connectivity index (χ0) is 25.2. The van der Waals surface area contributed by atoms with Gasteiger partial charge in [-0.15, -0.1) is 0 Å². The summed E-state index contributed by atoms with van der Waals surface area (Å²) in [5.74, 6) is 0.553. The second kappa shape index (κ2) is 10.0. The van der Waals surface area contributed by atoms with E-state index in [4.69, 9.17) is 9.84 Å². The number of aromatic nitrogens is 2. The molecular formula is C28H40N4O3. The molecule has 7 nitrogen and oxygen atoms in total. The third-order valence-electron chi connectivity index (χ3n) is 7.23. The van der Waals surface area contributed by atoms with E-state index in [1.807, 2.05) is 37.3 Å². The molecule has 2 aromatic rings. The predicted molar refractivity (Wildman–Crippen MR) is 136 cm³/mol. The summed E-state index contributed by atoms with van der Waals surface area (Å²) < 4.78 is 7.45. The monoisotopic (exact) mass is 480 g/mol. The third kappa shape index (κ3) is 5.39. The number of carbonyl (C=O) groups is 2. The van der Waals surface area contributed by atoms with Crippen molar-refractivity contribution >= 4 is 11.8 Å². The van der Waals surface area contributed by atoms with Gasteiger partial charge in [-0.25, -0.2) is 0 Å². The average Bonchev–Trinajstić information content (AvgIpc) is 3.26. The fourth-order valence-electron chi connectivity index (χ4n) is 4.94. The SMILES string of the molecule is CCCOc1ccc(CN2C(=O)c3cc(C(C)(C)C)nn3C[C@@]2(C)C(=O)NC2CCCCC2)cc1. The molecule has 4 rings (SSSR count). The maximum absolute atomic E-state index is 13.8. The Morgan fingerprint density at radius 2 is 1.86 bits per heavy atom. The van der Waals surface area contributed by atoms with Crippen molar-refractivity contribution in [3.8, 4) is 5.75 Å². The third-order valence-corrected chi connectivity index (χ3v) is 7.23. The van der Waals surface area contributed by atoms with E-state index in [2.05, 4.69) is 33.0 Å². The number of carbonyl (C=O) groups excluding carboxylic acids is 2. The number of fused-ring (bicyclic) bond motifs is 1. The average molecular weight is 481 g/mol. The molecular weight excluding hydrogens is 440 g/mol. The van der Waals surface area contributed by atoms with Crippen molar-refractivity contribution in [2.24, 2.45) is 0 Å². The van der Waals surface area contributed by atoms with Crippen LogP contribution in [0.25, 0.3) is 0 Å². The van der Waals surface area contributed by atoms with Crippen LogP contribution < -0.4 is 10.1 Å². The largest absolute Gasteiger partial charge is 0.494 e. The number of ether oxygens (including phenoxy) is 1. The Morgan fingerprint density at radius 3 is 2.49 bits per heavy atom. The number of nitrogens with one attached hydrogen (secondary N) is 1. The molecule has 2 amide bonds. The van der Waals surface area contributed by atoms with Crippen LogP contribution in [0.4, 0.5) is 0 Å². The molecule has 1 saturated carbocycles. The van der Waals surface area contributed by atoms with Crippen LogP contribution in [0.5, 0.6) is 5.75 Å². The minimum atomic E-state index is -1.04. The number of benzene rings is 1. The fraction of sp³-hybridized carbons (Fsp3) is 0.607. The first kappa shape index (κ1) is 25.3. The summed E-state index contributed by atoms with van der Waals surface area (Å²) in [5.41, 5.74) is 1.13. The van der Waals surface area contributed by atoms with Gasteiger partial charge in [0, 0.05) is 18.0 Å².